The largest absolute Gasteiger partial charge is 0.378 e. The monoisotopic (exact) mass is 413 g/mol. The van der Waals surface area contributed by atoms with Crippen molar-refractivity contribution in [3.63, 3.8) is 0 Å². The standard InChI is InChI=1S/C21H20ClN3O2S/c22-18-3-1-16(2-4-18)21(27,20-24-11-14-28-20)17-7-12-25(13-8-17)19(26)15-5-9-23-10-6-15/h1-6,9-11,14,17,27H,7-8,12-13H2. The SMILES string of the molecule is O=C(c1ccncc1)N1CCC(C(O)(c2ccc(Cl)cc2)c2nccs2)CC1. The maximum atomic E-state index is 12.7. The summed E-state index contributed by atoms with van der Waals surface area (Å²) in [5.74, 6) is -0.0357. The lowest BCUT2D eigenvalue weighted by molar-refractivity contribution is -0.0124. The Kier molecular flexibility index (Phi) is 5.44. The number of aromatic nitrogens is 2. The van der Waals surface area contributed by atoms with Gasteiger partial charge in [-0.3, -0.25) is 9.78 Å². The Morgan fingerprint density at radius 1 is 1.11 bits per heavy atom. The quantitative estimate of drug-likeness (QED) is 0.702. The molecule has 4 rings (SSSR count). The Bertz CT molecular complexity index is 926. The molecule has 1 aliphatic rings. The number of likely N-dealkylation sites (tertiary alicyclic amines) is 1. The maximum Gasteiger partial charge on any atom is 0.253 e. The molecule has 1 atom stereocenters. The van der Waals surface area contributed by atoms with Crippen molar-refractivity contribution in [3.05, 3.63) is 81.5 Å². The Labute approximate surface area is 172 Å². The summed E-state index contributed by atoms with van der Waals surface area (Å²) in [5.41, 5.74) is 0.233. The highest BCUT2D eigenvalue weighted by molar-refractivity contribution is 7.09. The van der Waals surface area contributed by atoms with E-state index in [1.807, 2.05) is 22.4 Å². The molecule has 1 unspecified atom stereocenters. The van der Waals surface area contributed by atoms with Crippen molar-refractivity contribution in [1.29, 1.82) is 0 Å². The van der Waals surface area contributed by atoms with E-state index in [0.29, 0.717) is 41.5 Å². The molecule has 1 aromatic carbocycles. The molecule has 2 aromatic heterocycles. The van der Waals surface area contributed by atoms with Gasteiger partial charge in [-0.05, 0) is 42.7 Å². The zero-order valence-corrected chi connectivity index (χ0v) is 16.7. The van der Waals surface area contributed by atoms with E-state index in [2.05, 4.69) is 9.97 Å². The van der Waals surface area contributed by atoms with Gasteiger partial charge in [0.15, 0.2) is 0 Å². The summed E-state index contributed by atoms with van der Waals surface area (Å²) < 4.78 is 0. The first-order valence-corrected chi connectivity index (χ1v) is 10.4. The van der Waals surface area contributed by atoms with Gasteiger partial charge >= 0.3 is 0 Å². The number of hydrogen-bond acceptors (Lipinski definition) is 5. The highest BCUT2D eigenvalue weighted by Gasteiger charge is 2.44. The fourth-order valence-corrected chi connectivity index (χ4v) is 4.79. The highest BCUT2D eigenvalue weighted by Crippen LogP contribution is 2.43. The molecule has 5 nitrogen and oxygen atoms in total. The Balaban J connectivity index is 1.56. The van der Waals surface area contributed by atoms with Gasteiger partial charge in [-0.1, -0.05) is 23.7 Å². The number of amides is 1. The first-order chi connectivity index (χ1) is 13.6. The number of halogens is 1. The third-order valence-corrected chi connectivity index (χ3v) is 6.49. The van der Waals surface area contributed by atoms with Crippen LogP contribution < -0.4 is 0 Å². The predicted molar refractivity (Wildman–Crippen MR) is 109 cm³/mol. The van der Waals surface area contributed by atoms with Crippen LogP contribution in [0.2, 0.25) is 5.02 Å². The zero-order chi connectivity index (χ0) is 19.6. The van der Waals surface area contributed by atoms with Gasteiger partial charge in [-0.25, -0.2) is 4.98 Å². The third-order valence-electron chi connectivity index (χ3n) is 5.34. The first-order valence-electron chi connectivity index (χ1n) is 9.16. The summed E-state index contributed by atoms with van der Waals surface area (Å²) in [5, 5.41) is 15.0. The fraction of sp³-hybridized carbons (Fsp3) is 0.286. The van der Waals surface area contributed by atoms with Crippen LogP contribution in [-0.2, 0) is 5.60 Å². The van der Waals surface area contributed by atoms with E-state index < -0.39 is 5.60 Å². The van der Waals surface area contributed by atoms with Crippen molar-refractivity contribution in [1.82, 2.24) is 14.9 Å². The van der Waals surface area contributed by atoms with E-state index in [-0.39, 0.29) is 11.8 Å². The normalized spacial score (nSPS) is 17.3. The van der Waals surface area contributed by atoms with Gasteiger partial charge in [0.05, 0.1) is 0 Å². The van der Waals surface area contributed by atoms with Crippen molar-refractivity contribution in [2.75, 3.05) is 13.1 Å². The van der Waals surface area contributed by atoms with Crippen LogP contribution in [0.1, 0.15) is 33.8 Å². The summed E-state index contributed by atoms with van der Waals surface area (Å²) in [6.45, 7) is 1.18. The number of carbonyl (C=O) groups excluding carboxylic acids is 1. The number of pyridine rings is 1. The maximum absolute atomic E-state index is 12.7. The molecule has 1 amide bonds. The minimum Gasteiger partial charge on any atom is -0.378 e. The van der Waals surface area contributed by atoms with E-state index >= 15 is 0 Å². The van der Waals surface area contributed by atoms with Crippen LogP contribution in [0, 0.1) is 5.92 Å². The van der Waals surface area contributed by atoms with Crippen LogP contribution in [-0.4, -0.2) is 39.0 Å². The molecule has 3 aromatic rings. The second-order valence-corrected chi connectivity index (χ2v) is 8.24. The van der Waals surface area contributed by atoms with Gasteiger partial charge in [-0.15, -0.1) is 11.3 Å². The molecule has 0 aliphatic carbocycles. The number of thiazole rings is 1. The van der Waals surface area contributed by atoms with E-state index in [4.69, 9.17) is 11.6 Å². The molecule has 1 saturated heterocycles. The predicted octanol–water partition coefficient (Wildman–Crippen LogP) is 3.98. The minimum atomic E-state index is -1.19. The van der Waals surface area contributed by atoms with E-state index in [1.54, 1.807) is 42.9 Å². The third kappa shape index (κ3) is 3.55. The second-order valence-electron chi connectivity index (χ2n) is 6.91. The summed E-state index contributed by atoms with van der Waals surface area (Å²) >= 11 is 7.49. The number of rotatable bonds is 4. The summed E-state index contributed by atoms with van der Waals surface area (Å²) in [4.78, 5) is 22.9. The molecule has 0 spiro atoms. The Hall–Kier alpha value is -2.28. The number of aliphatic hydroxyl groups is 1. The van der Waals surface area contributed by atoms with Crippen molar-refractivity contribution < 1.29 is 9.90 Å². The second kappa shape index (κ2) is 7.99. The van der Waals surface area contributed by atoms with E-state index in [9.17, 15) is 9.90 Å². The topological polar surface area (TPSA) is 66.3 Å². The van der Waals surface area contributed by atoms with Gasteiger partial charge in [0, 0.05) is 53.6 Å². The lowest BCUT2D eigenvalue weighted by atomic mass is 9.76. The van der Waals surface area contributed by atoms with Gasteiger partial charge in [0.1, 0.15) is 10.6 Å². The van der Waals surface area contributed by atoms with Crippen molar-refractivity contribution in [2.45, 2.75) is 18.4 Å². The molecule has 1 aliphatic heterocycles. The Morgan fingerprint density at radius 2 is 1.79 bits per heavy atom. The van der Waals surface area contributed by atoms with Gasteiger partial charge in [-0.2, -0.15) is 0 Å². The molecule has 7 heteroatoms. The summed E-state index contributed by atoms with van der Waals surface area (Å²) in [6.07, 6.45) is 6.34. The molecule has 28 heavy (non-hydrogen) atoms. The average Bonchev–Trinajstić information content (AvgIpc) is 3.29. The van der Waals surface area contributed by atoms with Gasteiger partial charge < -0.3 is 10.0 Å². The van der Waals surface area contributed by atoms with Crippen molar-refractivity contribution in [3.8, 4) is 0 Å². The molecule has 1 fully saturated rings. The average molecular weight is 414 g/mol. The molecule has 144 valence electrons. The van der Waals surface area contributed by atoms with Crippen LogP contribution >= 0.6 is 22.9 Å². The van der Waals surface area contributed by atoms with E-state index in [0.717, 1.165) is 5.56 Å². The number of nitrogens with zero attached hydrogens (tertiary/aromatic N) is 3. The minimum absolute atomic E-state index is 0.00475. The van der Waals surface area contributed by atoms with Crippen molar-refractivity contribution in [2.24, 2.45) is 5.92 Å². The van der Waals surface area contributed by atoms with Crippen LogP contribution in [0.5, 0.6) is 0 Å². The molecular formula is C21H20ClN3O2S. The zero-order valence-electron chi connectivity index (χ0n) is 15.2. The number of piperidine rings is 1. The number of benzene rings is 1. The molecule has 0 saturated carbocycles. The molecular weight excluding hydrogens is 394 g/mol. The Morgan fingerprint density at radius 3 is 2.39 bits per heavy atom. The summed E-state index contributed by atoms with van der Waals surface area (Å²) in [7, 11) is 0. The van der Waals surface area contributed by atoms with Crippen LogP contribution in [0.3, 0.4) is 0 Å². The van der Waals surface area contributed by atoms with E-state index in [1.165, 1.54) is 11.3 Å². The van der Waals surface area contributed by atoms with Crippen LogP contribution in [0.4, 0.5) is 0 Å². The smallest absolute Gasteiger partial charge is 0.253 e. The lowest BCUT2D eigenvalue weighted by Crippen LogP contribution is -2.46. The van der Waals surface area contributed by atoms with Gasteiger partial charge in [0.2, 0.25) is 0 Å². The van der Waals surface area contributed by atoms with Crippen molar-refractivity contribution >= 4 is 28.8 Å². The first kappa shape index (κ1) is 19.1. The number of hydrogen-bond donors (Lipinski definition) is 1. The fourth-order valence-electron chi connectivity index (χ4n) is 3.83. The summed E-state index contributed by atoms with van der Waals surface area (Å²) in [6, 6.07) is 10.8. The molecule has 1 N–H and O–H groups in total. The number of carbonyl (C=O) groups is 1. The molecule has 0 bridgehead atoms. The highest BCUT2D eigenvalue weighted by atomic mass is 35.5. The lowest BCUT2D eigenvalue weighted by Gasteiger charge is -2.40. The molecule has 0 radical (unpaired) electrons. The van der Waals surface area contributed by atoms with Crippen LogP contribution in [0.15, 0.2) is 60.4 Å². The van der Waals surface area contributed by atoms with Crippen LogP contribution in [0.25, 0.3) is 0 Å². The molecule has 3 heterocycles. The van der Waals surface area contributed by atoms with Gasteiger partial charge in [0.25, 0.3) is 5.91 Å².